The molecule has 1 N–H and O–H groups in total. The zero-order valence-electron chi connectivity index (χ0n) is 19.1. The van der Waals surface area contributed by atoms with E-state index < -0.39 is 0 Å². The van der Waals surface area contributed by atoms with Crippen LogP contribution >= 0.6 is 11.8 Å². The summed E-state index contributed by atoms with van der Waals surface area (Å²) in [7, 11) is 1.66. The Morgan fingerprint density at radius 3 is 2.75 bits per heavy atom. The summed E-state index contributed by atoms with van der Waals surface area (Å²) in [6, 6.07) is 5.50. The number of nitrogens with zero attached hydrogens (tertiary/aromatic N) is 4. The van der Waals surface area contributed by atoms with E-state index in [1.807, 2.05) is 12.1 Å². The minimum atomic E-state index is -0.198. The molecule has 0 atom stereocenters. The van der Waals surface area contributed by atoms with Gasteiger partial charge in [-0.3, -0.25) is 9.69 Å². The zero-order chi connectivity index (χ0) is 22.8. The van der Waals surface area contributed by atoms with E-state index >= 15 is 0 Å². The van der Waals surface area contributed by atoms with Crippen LogP contribution in [-0.4, -0.2) is 80.4 Å². The van der Waals surface area contributed by atoms with Crippen molar-refractivity contribution in [3.8, 4) is 0 Å². The van der Waals surface area contributed by atoms with Gasteiger partial charge in [-0.2, -0.15) is 0 Å². The van der Waals surface area contributed by atoms with Gasteiger partial charge in [-0.25, -0.2) is 9.97 Å². The molecule has 9 nitrogen and oxygen atoms in total. The highest BCUT2D eigenvalue weighted by Gasteiger charge is 2.15. The number of anilines is 1. The molecule has 0 aromatic carbocycles. The van der Waals surface area contributed by atoms with Gasteiger partial charge in [0.05, 0.1) is 31.3 Å². The van der Waals surface area contributed by atoms with Gasteiger partial charge in [-0.05, 0) is 26.0 Å². The number of furan rings is 1. The van der Waals surface area contributed by atoms with Gasteiger partial charge in [0.1, 0.15) is 11.6 Å². The number of nitrogens with one attached hydrogen (secondary N) is 1. The third-order valence-corrected chi connectivity index (χ3v) is 6.04. The molecule has 2 aromatic heterocycles. The van der Waals surface area contributed by atoms with Gasteiger partial charge >= 0.3 is 0 Å². The second kappa shape index (κ2) is 12.8. The van der Waals surface area contributed by atoms with Crippen molar-refractivity contribution in [3.63, 3.8) is 0 Å². The number of aromatic nitrogens is 2. The third kappa shape index (κ3) is 7.19. The minimum absolute atomic E-state index is 0.198. The summed E-state index contributed by atoms with van der Waals surface area (Å²) < 4.78 is 16.3. The highest BCUT2D eigenvalue weighted by atomic mass is 32.2. The number of carbonyl (C=O) groups excluding carboxylic acids is 1. The van der Waals surface area contributed by atoms with E-state index in [4.69, 9.17) is 13.9 Å². The Balaban J connectivity index is 1.54. The maximum Gasteiger partial charge on any atom is 0.287 e. The Morgan fingerprint density at radius 2 is 2.03 bits per heavy atom. The number of carbonyl (C=O) groups is 1. The molecule has 0 saturated carbocycles. The normalized spacial score (nSPS) is 14.5. The number of morpholine rings is 1. The first kappa shape index (κ1) is 24.5. The summed E-state index contributed by atoms with van der Waals surface area (Å²) >= 11 is 1.48. The Morgan fingerprint density at radius 1 is 1.25 bits per heavy atom. The lowest BCUT2D eigenvalue weighted by Gasteiger charge is -2.26. The molecule has 176 valence electrons. The number of amides is 1. The first-order chi connectivity index (χ1) is 15.6. The number of methoxy groups -OCH3 is 1. The number of thioether (sulfide) groups is 1. The standard InChI is InChI=1S/C22H33N5O4S/c1-4-27(5-2)20-14-17(15-29-3)24-22(25-20)32-16-18-6-7-19(31-18)21(28)23-8-9-26-10-12-30-13-11-26/h6-7,14H,4-5,8-13,15-16H2,1-3H3,(H,23,28). The van der Waals surface area contributed by atoms with Gasteiger partial charge in [0.25, 0.3) is 5.91 Å². The van der Waals surface area contributed by atoms with E-state index in [2.05, 4.69) is 38.9 Å². The van der Waals surface area contributed by atoms with Crippen LogP contribution in [0.2, 0.25) is 0 Å². The molecule has 0 aliphatic carbocycles. The van der Waals surface area contributed by atoms with Crippen molar-refractivity contribution in [3.05, 3.63) is 35.4 Å². The van der Waals surface area contributed by atoms with Crippen LogP contribution in [0.5, 0.6) is 0 Å². The fourth-order valence-corrected chi connectivity index (χ4v) is 4.17. The number of ether oxygens (including phenoxy) is 2. The number of hydrogen-bond donors (Lipinski definition) is 1. The quantitative estimate of drug-likeness (QED) is 0.376. The van der Waals surface area contributed by atoms with Gasteiger partial charge in [0.15, 0.2) is 10.9 Å². The topological polar surface area (TPSA) is 93.0 Å². The zero-order valence-corrected chi connectivity index (χ0v) is 19.9. The molecule has 32 heavy (non-hydrogen) atoms. The monoisotopic (exact) mass is 463 g/mol. The Labute approximate surface area is 193 Å². The van der Waals surface area contributed by atoms with Gasteiger partial charge in [-0.15, -0.1) is 0 Å². The highest BCUT2D eigenvalue weighted by molar-refractivity contribution is 7.98. The second-order valence-corrected chi connectivity index (χ2v) is 8.31. The van der Waals surface area contributed by atoms with E-state index in [0.29, 0.717) is 35.6 Å². The molecule has 0 unspecified atom stereocenters. The van der Waals surface area contributed by atoms with Crippen molar-refractivity contribution in [1.29, 1.82) is 0 Å². The maximum atomic E-state index is 12.4. The smallest absolute Gasteiger partial charge is 0.287 e. The van der Waals surface area contributed by atoms with Gasteiger partial charge in [0, 0.05) is 52.4 Å². The van der Waals surface area contributed by atoms with E-state index in [9.17, 15) is 4.79 Å². The summed E-state index contributed by atoms with van der Waals surface area (Å²) in [5.74, 6) is 2.25. The van der Waals surface area contributed by atoms with E-state index in [1.165, 1.54) is 11.8 Å². The lowest BCUT2D eigenvalue weighted by Crippen LogP contribution is -2.41. The number of rotatable bonds is 12. The molecule has 0 bridgehead atoms. The summed E-state index contributed by atoms with van der Waals surface area (Å²) in [6.45, 7) is 11.1. The van der Waals surface area contributed by atoms with Gasteiger partial charge < -0.3 is 24.1 Å². The average Bonchev–Trinajstić information content (AvgIpc) is 3.29. The van der Waals surface area contributed by atoms with Crippen molar-refractivity contribution in [2.24, 2.45) is 0 Å². The van der Waals surface area contributed by atoms with Crippen molar-refractivity contribution >= 4 is 23.5 Å². The van der Waals surface area contributed by atoms with Crippen LogP contribution in [-0.2, 0) is 21.8 Å². The summed E-state index contributed by atoms with van der Waals surface area (Å²) in [4.78, 5) is 26.1. The summed E-state index contributed by atoms with van der Waals surface area (Å²) in [6.07, 6.45) is 0. The van der Waals surface area contributed by atoms with Crippen LogP contribution in [0.25, 0.3) is 0 Å². The van der Waals surface area contributed by atoms with Crippen molar-refractivity contribution in [2.75, 3.05) is 64.5 Å². The molecule has 1 aliphatic heterocycles. The second-order valence-electron chi connectivity index (χ2n) is 7.37. The van der Waals surface area contributed by atoms with E-state index in [-0.39, 0.29) is 5.91 Å². The van der Waals surface area contributed by atoms with Crippen molar-refractivity contribution < 1.29 is 18.7 Å². The molecular formula is C22H33N5O4S. The summed E-state index contributed by atoms with van der Waals surface area (Å²) in [5, 5.41) is 3.58. The fraction of sp³-hybridized carbons (Fsp3) is 0.591. The molecule has 0 radical (unpaired) electrons. The molecule has 10 heteroatoms. The SMILES string of the molecule is CCN(CC)c1cc(COC)nc(SCc2ccc(C(=O)NCCN3CCOCC3)o2)n1. The minimum Gasteiger partial charge on any atom is -0.455 e. The van der Waals surface area contributed by atoms with Gasteiger partial charge in [-0.1, -0.05) is 11.8 Å². The Bertz CT molecular complexity index is 853. The predicted octanol–water partition coefficient (Wildman–Crippen LogP) is 2.42. The van der Waals surface area contributed by atoms with Crippen LogP contribution in [0.1, 0.15) is 35.9 Å². The van der Waals surface area contributed by atoms with E-state index in [1.54, 1.807) is 13.2 Å². The largest absolute Gasteiger partial charge is 0.455 e. The lowest BCUT2D eigenvalue weighted by molar-refractivity contribution is 0.0382. The fourth-order valence-electron chi connectivity index (χ4n) is 3.41. The molecule has 1 saturated heterocycles. The molecule has 3 rings (SSSR count). The number of hydrogen-bond acceptors (Lipinski definition) is 9. The highest BCUT2D eigenvalue weighted by Crippen LogP contribution is 2.24. The molecule has 1 amide bonds. The van der Waals surface area contributed by atoms with Gasteiger partial charge in [0.2, 0.25) is 0 Å². The van der Waals surface area contributed by atoms with Crippen molar-refractivity contribution in [1.82, 2.24) is 20.2 Å². The van der Waals surface area contributed by atoms with Crippen LogP contribution in [0.3, 0.4) is 0 Å². The lowest BCUT2D eigenvalue weighted by atomic mass is 10.3. The molecule has 0 spiro atoms. The third-order valence-electron chi connectivity index (χ3n) is 5.17. The van der Waals surface area contributed by atoms with Crippen LogP contribution in [0.4, 0.5) is 5.82 Å². The average molecular weight is 464 g/mol. The molecule has 1 aliphatic rings. The van der Waals surface area contributed by atoms with Crippen molar-refractivity contribution in [2.45, 2.75) is 31.4 Å². The van der Waals surface area contributed by atoms with Crippen LogP contribution in [0.15, 0.2) is 27.8 Å². The van der Waals surface area contributed by atoms with Crippen LogP contribution in [0, 0.1) is 0 Å². The first-order valence-electron chi connectivity index (χ1n) is 11.0. The maximum absolute atomic E-state index is 12.4. The Kier molecular flexibility index (Phi) is 9.79. The Hall–Kier alpha value is -2.14. The predicted molar refractivity (Wildman–Crippen MR) is 124 cm³/mol. The first-order valence-corrected chi connectivity index (χ1v) is 12.0. The van der Waals surface area contributed by atoms with E-state index in [0.717, 1.165) is 57.4 Å². The molecular weight excluding hydrogens is 430 g/mol. The molecule has 1 fully saturated rings. The summed E-state index contributed by atoms with van der Waals surface area (Å²) in [5.41, 5.74) is 0.840. The van der Waals surface area contributed by atoms with Crippen LogP contribution < -0.4 is 10.2 Å². The molecule has 2 aromatic rings. The molecule has 3 heterocycles.